The lowest BCUT2D eigenvalue weighted by molar-refractivity contribution is 0.525. The summed E-state index contributed by atoms with van der Waals surface area (Å²) in [5.41, 5.74) is 0. The smallest absolute Gasteiger partial charge is 0.171 e. The van der Waals surface area contributed by atoms with Crippen LogP contribution >= 0.6 is 11.3 Å². The van der Waals surface area contributed by atoms with E-state index in [1.54, 1.807) is 17.4 Å². The first-order chi connectivity index (χ1) is 11.1. The van der Waals surface area contributed by atoms with E-state index in [4.69, 9.17) is 0 Å². The quantitative estimate of drug-likeness (QED) is 0.769. The minimum atomic E-state index is -3.02. The number of allylic oxidation sites excluding steroid dienone is 1. The van der Waals surface area contributed by atoms with E-state index in [1.807, 2.05) is 10.7 Å². The fourth-order valence-corrected chi connectivity index (χ4v) is 4.81. The fraction of sp³-hybridized carbons (Fsp3) is 0.500. The van der Waals surface area contributed by atoms with E-state index in [1.165, 1.54) is 10.3 Å². The predicted molar refractivity (Wildman–Crippen MR) is 92.2 cm³/mol. The Morgan fingerprint density at radius 2 is 2.30 bits per heavy atom. The molecule has 124 valence electrons. The first kappa shape index (κ1) is 16.4. The van der Waals surface area contributed by atoms with Gasteiger partial charge in [0.1, 0.15) is 5.82 Å². The van der Waals surface area contributed by atoms with Gasteiger partial charge in [0.2, 0.25) is 0 Å². The number of aromatic nitrogens is 3. The molecule has 0 bridgehead atoms. The number of hydrogen-bond donors (Lipinski definition) is 0. The largest absolute Gasteiger partial charge is 0.250 e. The molecule has 0 fully saturated rings. The summed E-state index contributed by atoms with van der Waals surface area (Å²) in [5, 5.41) is 8.02. The molecule has 1 aliphatic heterocycles. The summed E-state index contributed by atoms with van der Waals surface area (Å²) in [7, 11) is -3.02. The van der Waals surface area contributed by atoms with Crippen molar-refractivity contribution < 1.29 is 8.42 Å². The van der Waals surface area contributed by atoms with Gasteiger partial charge < -0.3 is 0 Å². The van der Waals surface area contributed by atoms with Gasteiger partial charge in [-0.05, 0) is 23.8 Å². The molecule has 2 aromatic heterocycles. The van der Waals surface area contributed by atoms with Crippen LogP contribution in [0, 0.1) is 5.92 Å². The molecule has 7 heteroatoms. The Balaban J connectivity index is 1.76. The van der Waals surface area contributed by atoms with Crippen LogP contribution in [0.3, 0.4) is 0 Å². The molecule has 2 aromatic rings. The Kier molecular flexibility index (Phi) is 4.96. The lowest BCUT2D eigenvalue weighted by Gasteiger charge is -2.08. The Hall–Kier alpha value is -1.47. The Bertz CT molecular complexity index is 776. The molecule has 0 radical (unpaired) electrons. The molecule has 0 aromatic carbocycles. The van der Waals surface area contributed by atoms with Crippen molar-refractivity contribution in [2.24, 2.45) is 5.92 Å². The Morgan fingerprint density at radius 3 is 2.96 bits per heavy atom. The Labute approximate surface area is 141 Å². The van der Waals surface area contributed by atoms with Gasteiger partial charge in [-0.2, -0.15) is 5.10 Å². The van der Waals surface area contributed by atoms with Crippen molar-refractivity contribution in [3.63, 3.8) is 0 Å². The van der Waals surface area contributed by atoms with Gasteiger partial charge in [-0.25, -0.2) is 18.1 Å². The third-order valence-electron chi connectivity index (χ3n) is 3.88. The van der Waals surface area contributed by atoms with Crippen molar-refractivity contribution in [3.05, 3.63) is 45.5 Å². The van der Waals surface area contributed by atoms with Crippen molar-refractivity contribution in [2.75, 3.05) is 5.75 Å². The van der Waals surface area contributed by atoms with Crippen LogP contribution in [0.4, 0.5) is 0 Å². The maximum Gasteiger partial charge on any atom is 0.171 e. The van der Waals surface area contributed by atoms with Crippen molar-refractivity contribution in [1.29, 1.82) is 0 Å². The van der Waals surface area contributed by atoms with Gasteiger partial charge in [0.15, 0.2) is 15.7 Å². The summed E-state index contributed by atoms with van der Waals surface area (Å²) in [6.07, 6.45) is 5.30. The monoisotopic (exact) mass is 351 g/mol. The molecule has 1 aliphatic rings. The van der Waals surface area contributed by atoms with Gasteiger partial charge in [0, 0.05) is 29.7 Å². The van der Waals surface area contributed by atoms with E-state index in [2.05, 4.69) is 28.5 Å². The molecule has 3 rings (SSSR count). The predicted octanol–water partition coefficient (Wildman–Crippen LogP) is 2.83. The van der Waals surface area contributed by atoms with Crippen LogP contribution in [0.25, 0.3) is 0 Å². The van der Waals surface area contributed by atoms with Crippen LogP contribution in [-0.2, 0) is 29.2 Å². The first-order valence-electron chi connectivity index (χ1n) is 7.91. The number of thiophene rings is 1. The molecule has 0 amide bonds. The third kappa shape index (κ3) is 4.29. The molecule has 0 N–H and O–H groups in total. The summed E-state index contributed by atoms with van der Waals surface area (Å²) in [5.74, 6) is 1.92. The minimum absolute atomic E-state index is 0.0131. The van der Waals surface area contributed by atoms with Gasteiger partial charge >= 0.3 is 0 Å². The summed E-state index contributed by atoms with van der Waals surface area (Å²) < 4.78 is 25.1. The molecule has 0 saturated carbocycles. The molecular weight excluding hydrogens is 330 g/mol. The number of nitrogens with zero attached hydrogens (tertiary/aromatic N) is 3. The zero-order valence-corrected chi connectivity index (χ0v) is 14.8. The van der Waals surface area contributed by atoms with E-state index in [9.17, 15) is 8.42 Å². The molecule has 0 aliphatic carbocycles. The zero-order chi connectivity index (χ0) is 16.3. The summed E-state index contributed by atoms with van der Waals surface area (Å²) >= 11 is 1.70. The molecule has 3 heterocycles. The SMILES string of the molecule is CCCCn1nc(Cc2cccs2)nc1CC1C=CS(=O)(=O)C1. The third-order valence-corrected chi connectivity index (χ3v) is 6.22. The van der Waals surface area contributed by atoms with Gasteiger partial charge in [-0.3, -0.25) is 0 Å². The summed E-state index contributed by atoms with van der Waals surface area (Å²) in [4.78, 5) is 5.92. The average Bonchev–Trinajstić information content (AvgIpc) is 3.20. The summed E-state index contributed by atoms with van der Waals surface area (Å²) in [6.45, 7) is 2.99. The summed E-state index contributed by atoms with van der Waals surface area (Å²) in [6, 6.07) is 4.12. The second-order valence-electron chi connectivity index (χ2n) is 5.90. The van der Waals surface area contributed by atoms with E-state index in [0.29, 0.717) is 6.42 Å². The van der Waals surface area contributed by atoms with E-state index in [0.717, 1.165) is 37.5 Å². The van der Waals surface area contributed by atoms with Crippen molar-refractivity contribution in [1.82, 2.24) is 14.8 Å². The molecule has 0 saturated heterocycles. The fourth-order valence-electron chi connectivity index (χ4n) is 2.71. The second-order valence-corrected chi connectivity index (χ2v) is 8.86. The highest BCUT2D eigenvalue weighted by atomic mass is 32.2. The minimum Gasteiger partial charge on any atom is -0.250 e. The lowest BCUT2D eigenvalue weighted by Crippen LogP contribution is -2.13. The van der Waals surface area contributed by atoms with Gasteiger partial charge in [0.05, 0.1) is 5.75 Å². The number of hydrogen-bond acceptors (Lipinski definition) is 5. The number of unbranched alkanes of at least 4 members (excludes halogenated alkanes) is 1. The van der Waals surface area contributed by atoms with Crippen LogP contribution in [0.15, 0.2) is 29.0 Å². The molecular formula is C16H21N3O2S2. The highest BCUT2D eigenvalue weighted by molar-refractivity contribution is 7.94. The number of rotatable bonds is 7. The number of aryl methyl sites for hydroxylation is 1. The lowest BCUT2D eigenvalue weighted by atomic mass is 10.1. The maximum absolute atomic E-state index is 11.6. The average molecular weight is 351 g/mol. The van der Waals surface area contributed by atoms with E-state index >= 15 is 0 Å². The Morgan fingerprint density at radius 1 is 1.43 bits per heavy atom. The standard InChI is InChI=1S/C16H21N3O2S2/c1-2-3-7-19-16(10-13-6-9-23(20,21)12-13)17-15(18-19)11-14-5-4-8-22-14/h4-6,8-9,13H,2-3,7,10-12H2,1H3. The normalized spacial score (nSPS) is 19.4. The van der Waals surface area contributed by atoms with Crippen LogP contribution in [0.1, 0.15) is 36.3 Å². The molecule has 1 unspecified atom stereocenters. The van der Waals surface area contributed by atoms with Crippen LogP contribution in [0.2, 0.25) is 0 Å². The molecule has 23 heavy (non-hydrogen) atoms. The second kappa shape index (κ2) is 6.97. The van der Waals surface area contributed by atoms with Crippen molar-refractivity contribution in [2.45, 2.75) is 39.2 Å². The molecule has 0 spiro atoms. The van der Waals surface area contributed by atoms with Gasteiger partial charge in [-0.1, -0.05) is 25.5 Å². The van der Waals surface area contributed by atoms with Crippen LogP contribution < -0.4 is 0 Å². The highest BCUT2D eigenvalue weighted by Crippen LogP contribution is 2.20. The van der Waals surface area contributed by atoms with Crippen LogP contribution in [0.5, 0.6) is 0 Å². The van der Waals surface area contributed by atoms with Gasteiger partial charge in [-0.15, -0.1) is 11.3 Å². The zero-order valence-electron chi connectivity index (χ0n) is 13.2. The maximum atomic E-state index is 11.6. The van der Waals surface area contributed by atoms with Crippen LogP contribution in [-0.4, -0.2) is 28.9 Å². The van der Waals surface area contributed by atoms with E-state index < -0.39 is 9.84 Å². The molecule has 5 nitrogen and oxygen atoms in total. The van der Waals surface area contributed by atoms with Crippen molar-refractivity contribution >= 4 is 21.2 Å². The van der Waals surface area contributed by atoms with Crippen molar-refractivity contribution in [3.8, 4) is 0 Å². The van der Waals surface area contributed by atoms with Gasteiger partial charge in [0.25, 0.3) is 0 Å². The molecule has 1 atom stereocenters. The topological polar surface area (TPSA) is 64.8 Å². The first-order valence-corrected chi connectivity index (χ1v) is 10.5. The van der Waals surface area contributed by atoms with E-state index in [-0.39, 0.29) is 11.7 Å². The number of sulfone groups is 1. The highest BCUT2D eigenvalue weighted by Gasteiger charge is 2.24.